The number of carbonyl (C=O) groups is 1. The van der Waals surface area contributed by atoms with Gasteiger partial charge in [-0.15, -0.1) is 0 Å². The molecule has 0 radical (unpaired) electrons. The molecule has 1 aliphatic rings. The average Bonchev–Trinajstić information content (AvgIpc) is 2.60. The van der Waals surface area contributed by atoms with E-state index in [9.17, 15) is 4.79 Å². The summed E-state index contributed by atoms with van der Waals surface area (Å²) >= 11 is 0. The molecule has 1 aliphatic carbocycles. The molecule has 1 atom stereocenters. The topological polar surface area (TPSA) is 54.9 Å². The van der Waals surface area contributed by atoms with Crippen molar-refractivity contribution >= 4 is 11.9 Å². The van der Waals surface area contributed by atoms with E-state index in [1.807, 2.05) is 13.8 Å². The largest absolute Gasteiger partial charge is 0.295 e. The summed E-state index contributed by atoms with van der Waals surface area (Å²) in [4.78, 5) is 19.7. The van der Waals surface area contributed by atoms with Crippen molar-refractivity contribution in [2.45, 2.75) is 33.6 Å². The van der Waals surface area contributed by atoms with Crippen molar-refractivity contribution in [2.75, 3.05) is 5.32 Å². The van der Waals surface area contributed by atoms with Crippen LogP contribution in [0.5, 0.6) is 0 Å². The molecule has 0 aromatic carbocycles. The van der Waals surface area contributed by atoms with Crippen molar-refractivity contribution < 1.29 is 4.79 Å². The fourth-order valence-corrected chi connectivity index (χ4v) is 2.20. The van der Waals surface area contributed by atoms with Crippen LogP contribution in [0.3, 0.4) is 0 Å². The summed E-state index contributed by atoms with van der Waals surface area (Å²) < 4.78 is 0. The van der Waals surface area contributed by atoms with Crippen molar-refractivity contribution in [3.63, 3.8) is 0 Å². The van der Waals surface area contributed by atoms with E-state index in [-0.39, 0.29) is 5.91 Å². The number of hydrogen-bond donors (Lipinski definition) is 1. The summed E-state index contributed by atoms with van der Waals surface area (Å²) in [6, 6.07) is 0. The van der Waals surface area contributed by atoms with Gasteiger partial charge in [0.1, 0.15) is 0 Å². The smallest absolute Gasteiger partial charge is 0.229 e. The molecule has 4 nitrogen and oxygen atoms in total. The number of hydrogen-bond acceptors (Lipinski definition) is 3. The van der Waals surface area contributed by atoms with E-state index in [0.29, 0.717) is 11.9 Å². The Balaban J connectivity index is 2.32. The Morgan fingerprint density at radius 3 is 2.65 bits per heavy atom. The van der Waals surface area contributed by atoms with E-state index < -0.39 is 0 Å². The normalized spacial score (nSPS) is 17.7. The zero-order valence-electron chi connectivity index (χ0n) is 10.5. The molecule has 4 heteroatoms. The van der Waals surface area contributed by atoms with Gasteiger partial charge < -0.3 is 0 Å². The quantitative estimate of drug-likeness (QED) is 0.792. The molecule has 0 aliphatic heterocycles. The maximum absolute atomic E-state index is 11.0. The number of allylic oxidation sites excluding steroid dienone is 1. The van der Waals surface area contributed by atoms with E-state index in [1.54, 1.807) is 0 Å². The highest BCUT2D eigenvalue weighted by Crippen LogP contribution is 2.31. The van der Waals surface area contributed by atoms with Crippen LogP contribution < -0.4 is 5.32 Å². The molecule has 0 saturated heterocycles. The van der Waals surface area contributed by atoms with Crippen LogP contribution in [0.2, 0.25) is 0 Å². The first-order valence-corrected chi connectivity index (χ1v) is 5.76. The second kappa shape index (κ2) is 4.28. The Labute approximate surface area is 101 Å². The minimum atomic E-state index is -0.140. The molecule has 1 aromatic rings. The third kappa shape index (κ3) is 2.35. The number of nitrogens with zero attached hydrogens (tertiary/aromatic N) is 2. The highest BCUT2D eigenvalue weighted by molar-refractivity contribution is 5.86. The Bertz CT molecular complexity index is 494. The number of aromatic nitrogens is 2. The standard InChI is InChI=1S/C13H17N3O/c1-7(2)10-5-11-8(3)14-13(15-9(4)17)16-12(11)6-10/h10H,1,5-6H2,2-4H3,(H,14,15,16,17)/t10-/m1/s1. The van der Waals surface area contributed by atoms with Crippen molar-refractivity contribution in [3.8, 4) is 0 Å². The van der Waals surface area contributed by atoms with Gasteiger partial charge in [-0.2, -0.15) is 0 Å². The first kappa shape index (κ1) is 11.8. The van der Waals surface area contributed by atoms with Crippen LogP contribution >= 0.6 is 0 Å². The monoisotopic (exact) mass is 231 g/mol. The minimum absolute atomic E-state index is 0.140. The molecule has 90 valence electrons. The van der Waals surface area contributed by atoms with Gasteiger partial charge in [-0.3, -0.25) is 10.1 Å². The number of carbonyl (C=O) groups excluding carboxylic acids is 1. The lowest BCUT2D eigenvalue weighted by molar-refractivity contribution is -0.114. The minimum Gasteiger partial charge on any atom is -0.295 e. The van der Waals surface area contributed by atoms with Crippen LogP contribution in [0.25, 0.3) is 0 Å². The average molecular weight is 231 g/mol. The highest BCUT2D eigenvalue weighted by Gasteiger charge is 2.26. The van der Waals surface area contributed by atoms with Crippen molar-refractivity contribution in [2.24, 2.45) is 5.92 Å². The van der Waals surface area contributed by atoms with Crippen LogP contribution in [0.4, 0.5) is 5.95 Å². The number of rotatable bonds is 2. The van der Waals surface area contributed by atoms with Crippen LogP contribution in [-0.4, -0.2) is 15.9 Å². The molecule has 1 N–H and O–H groups in total. The first-order chi connectivity index (χ1) is 7.97. The molecule has 0 saturated carbocycles. The predicted molar refractivity (Wildman–Crippen MR) is 66.8 cm³/mol. The SMILES string of the molecule is C=C(C)[C@H]1Cc2nc(NC(C)=O)nc(C)c2C1. The van der Waals surface area contributed by atoms with Gasteiger partial charge in [0.25, 0.3) is 0 Å². The van der Waals surface area contributed by atoms with Gasteiger partial charge in [0, 0.05) is 12.6 Å². The third-order valence-electron chi connectivity index (χ3n) is 3.17. The summed E-state index contributed by atoms with van der Waals surface area (Å²) in [7, 11) is 0. The fraction of sp³-hybridized carbons (Fsp3) is 0.462. The Morgan fingerprint density at radius 1 is 1.35 bits per heavy atom. The van der Waals surface area contributed by atoms with E-state index >= 15 is 0 Å². The van der Waals surface area contributed by atoms with Crippen LogP contribution in [-0.2, 0) is 17.6 Å². The Morgan fingerprint density at radius 2 is 2.06 bits per heavy atom. The molecule has 0 spiro atoms. The molecule has 17 heavy (non-hydrogen) atoms. The van der Waals surface area contributed by atoms with E-state index in [1.165, 1.54) is 18.1 Å². The lowest BCUT2D eigenvalue weighted by atomic mass is 9.99. The predicted octanol–water partition coefficient (Wildman–Crippen LogP) is 2.03. The number of anilines is 1. The lowest BCUT2D eigenvalue weighted by Crippen LogP contribution is -2.11. The van der Waals surface area contributed by atoms with Gasteiger partial charge in [0.15, 0.2) is 0 Å². The Kier molecular flexibility index (Phi) is 2.96. The summed E-state index contributed by atoms with van der Waals surface area (Å²) in [6.07, 6.45) is 1.87. The van der Waals surface area contributed by atoms with Gasteiger partial charge >= 0.3 is 0 Å². The molecule has 0 bridgehead atoms. The zero-order valence-corrected chi connectivity index (χ0v) is 10.5. The maximum atomic E-state index is 11.0. The molecular weight excluding hydrogens is 214 g/mol. The number of amides is 1. The molecule has 2 rings (SSSR count). The van der Waals surface area contributed by atoms with Gasteiger partial charge in [-0.05, 0) is 38.2 Å². The summed E-state index contributed by atoms with van der Waals surface area (Å²) in [5.41, 5.74) is 4.41. The van der Waals surface area contributed by atoms with Gasteiger partial charge in [0.2, 0.25) is 11.9 Å². The molecule has 0 unspecified atom stereocenters. The fourth-order valence-electron chi connectivity index (χ4n) is 2.20. The molecule has 0 fully saturated rings. The second-order valence-electron chi connectivity index (χ2n) is 4.69. The van der Waals surface area contributed by atoms with E-state index in [0.717, 1.165) is 24.2 Å². The van der Waals surface area contributed by atoms with Gasteiger partial charge in [0.05, 0.1) is 5.69 Å². The molecule has 1 heterocycles. The summed E-state index contributed by atoms with van der Waals surface area (Å²) in [5.74, 6) is 0.737. The number of fused-ring (bicyclic) bond motifs is 1. The van der Waals surface area contributed by atoms with Crippen LogP contribution in [0.1, 0.15) is 30.8 Å². The number of nitrogens with one attached hydrogen (secondary N) is 1. The number of aryl methyl sites for hydroxylation is 1. The molecular formula is C13H17N3O. The lowest BCUT2D eigenvalue weighted by Gasteiger charge is -2.06. The van der Waals surface area contributed by atoms with E-state index in [4.69, 9.17) is 0 Å². The summed E-state index contributed by atoms with van der Waals surface area (Å²) in [6.45, 7) is 9.48. The summed E-state index contributed by atoms with van der Waals surface area (Å²) in [5, 5.41) is 2.64. The van der Waals surface area contributed by atoms with Crippen LogP contribution in [0, 0.1) is 12.8 Å². The molecule has 1 amide bonds. The zero-order chi connectivity index (χ0) is 12.6. The van der Waals surface area contributed by atoms with E-state index in [2.05, 4.69) is 21.9 Å². The Hall–Kier alpha value is -1.71. The second-order valence-corrected chi connectivity index (χ2v) is 4.69. The van der Waals surface area contributed by atoms with Crippen molar-refractivity contribution in [3.05, 3.63) is 29.1 Å². The first-order valence-electron chi connectivity index (χ1n) is 5.76. The highest BCUT2D eigenvalue weighted by atomic mass is 16.1. The van der Waals surface area contributed by atoms with Crippen molar-refractivity contribution in [1.82, 2.24) is 9.97 Å². The van der Waals surface area contributed by atoms with Crippen LogP contribution in [0.15, 0.2) is 12.2 Å². The maximum Gasteiger partial charge on any atom is 0.229 e. The van der Waals surface area contributed by atoms with Crippen molar-refractivity contribution in [1.29, 1.82) is 0 Å². The third-order valence-corrected chi connectivity index (χ3v) is 3.17. The van der Waals surface area contributed by atoms with Gasteiger partial charge in [-0.25, -0.2) is 9.97 Å². The van der Waals surface area contributed by atoms with Gasteiger partial charge in [-0.1, -0.05) is 12.2 Å². The molecule has 1 aromatic heterocycles.